The number of alkyl halides is 3. The zero-order valence-corrected chi connectivity index (χ0v) is 14.9. The number of aromatic nitrogens is 2. The third-order valence-corrected chi connectivity index (χ3v) is 4.68. The maximum atomic E-state index is 12.9. The lowest BCUT2D eigenvalue weighted by molar-refractivity contribution is -0.137. The normalized spacial score (nSPS) is 15.1. The number of aryl methyl sites for hydroxylation is 1. The molecule has 8 heteroatoms. The second-order valence-corrected chi connectivity index (χ2v) is 6.83. The van der Waals surface area contributed by atoms with Gasteiger partial charge < -0.3 is 15.0 Å². The van der Waals surface area contributed by atoms with Gasteiger partial charge in [-0.15, -0.1) is 0 Å². The maximum Gasteiger partial charge on any atom is 0.416 e. The molecule has 0 amide bonds. The molecule has 0 atom stereocenters. The topological polar surface area (TPSA) is 76.0 Å². The summed E-state index contributed by atoms with van der Waals surface area (Å²) in [5.74, 6) is 0.355. The summed E-state index contributed by atoms with van der Waals surface area (Å²) in [6.07, 6.45) is -4.42. The number of amidine groups is 1. The molecule has 0 aliphatic carbocycles. The van der Waals surface area contributed by atoms with E-state index in [0.29, 0.717) is 16.9 Å². The number of aromatic amines is 1. The first-order chi connectivity index (χ1) is 13.2. The Labute approximate surface area is 158 Å². The smallest absolute Gasteiger partial charge is 0.416 e. The summed E-state index contributed by atoms with van der Waals surface area (Å²) in [6, 6.07) is 10.7. The zero-order chi connectivity index (χ0) is 20.1. The van der Waals surface area contributed by atoms with Crippen LogP contribution in [0.2, 0.25) is 0 Å². The van der Waals surface area contributed by atoms with Gasteiger partial charge in [0.1, 0.15) is 17.4 Å². The van der Waals surface area contributed by atoms with Gasteiger partial charge in [0, 0.05) is 6.54 Å². The number of rotatable bonds is 3. The van der Waals surface area contributed by atoms with Gasteiger partial charge in [-0.3, -0.25) is 5.41 Å². The van der Waals surface area contributed by atoms with Crippen molar-refractivity contribution in [1.29, 1.82) is 5.41 Å². The fourth-order valence-corrected chi connectivity index (χ4v) is 3.33. The molecule has 28 heavy (non-hydrogen) atoms. The van der Waals surface area contributed by atoms with Crippen LogP contribution in [0, 0.1) is 12.3 Å². The molecular weight excluding hydrogens is 369 g/mol. The highest BCUT2D eigenvalue weighted by atomic mass is 19.4. The van der Waals surface area contributed by atoms with Crippen molar-refractivity contribution in [3.8, 4) is 0 Å². The van der Waals surface area contributed by atoms with E-state index in [2.05, 4.69) is 9.97 Å². The van der Waals surface area contributed by atoms with E-state index >= 15 is 0 Å². The fourth-order valence-electron chi connectivity index (χ4n) is 3.33. The van der Waals surface area contributed by atoms with Crippen LogP contribution >= 0.6 is 0 Å². The third-order valence-electron chi connectivity index (χ3n) is 4.68. The Bertz CT molecular complexity index is 1110. The molecule has 3 aromatic rings. The SMILES string of the molecule is Cc1ccc2nc(C3=C(O)CN(Cc4cccc(C(F)(F)F)c4)C3=N)[nH]c2c1. The monoisotopic (exact) mass is 386 g/mol. The number of nitrogens with one attached hydrogen (secondary N) is 2. The summed E-state index contributed by atoms with van der Waals surface area (Å²) in [6.45, 7) is 2.07. The molecule has 1 aliphatic rings. The van der Waals surface area contributed by atoms with Gasteiger partial charge in [-0.25, -0.2) is 4.98 Å². The van der Waals surface area contributed by atoms with E-state index in [4.69, 9.17) is 5.41 Å². The maximum absolute atomic E-state index is 12.9. The molecular formula is C20H17F3N4O. The second kappa shape index (κ2) is 6.40. The summed E-state index contributed by atoms with van der Waals surface area (Å²) in [4.78, 5) is 9.05. The highest BCUT2D eigenvalue weighted by Gasteiger charge is 2.32. The van der Waals surface area contributed by atoms with Crippen molar-refractivity contribution in [3.05, 3.63) is 70.7 Å². The van der Waals surface area contributed by atoms with Gasteiger partial charge in [-0.05, 0) is 42.3 Å². The number of H-pyrrole nitrogens is 1. The van der Waals surface area contributed by atoms with Crippen LogP contribution in [0.3, 0.4) is 0 Å². The van der Waals surface area contributed by atoms with E-state index < -0.39 is 11.7 Å². The number of hydrogen-bond donors (Lipinski definition) is 3. The summed E-state index contributed by atoms with van der Waals surface area (Å²) in [7, 11) is 0. The minimum absolute atomic E-state index is 0.0192. The Morgan fingerprint density at radius 3 is 2.75 bits per heavy atom. The Morgan fingerprint density at radius 1 is 1.21 bits per heavy atom. The van der Waals surface area contributed by atoms with Crippen LogP contribution in [0.4, 0.5) is 13.2 Å². The van der Waals surface area contributed by atoms with E-state index in [1.165, 1.54) is 11.0 Å². The van der Waals surface area contributed by atoms with Gasteiger partial charge in [-0.1, -0.05) is 18.2 Å². The van der Waals surface area contributed by atoms with Gasteiger partial charge in [0.25, 0.3) is 0 Å². The van der Waals surface area contributed by atoms with Gasteiger partial charge in [0.15, 0.2) is 0 Å². The van der Waals surface area contributed by atoms with Crippen molar-refractivity contribution in [3.63, 3.8) is 0 Å². The largest absolute Gasteiger partial charge is 0.510 e. The minimum atomic E-state index is -4.42. The van der Waals surface area contributed by atoms with E-state index in [0.717, 1.165) is 23.2 Å². The predicted octanol–water partition coefficient (Wildman–Crippen LogP) is 4.65. The molecule has 5 nitrogen and oxygen atoms in total. The lowest BCUT2D eigenvalue weighted by Crippen LogP contribution is -2.26. The van der Waals surface area contributed by atoms with Crippen molar-refractivity contribution >= 4 is 22.4 Å². The molecule has 0 saturated heterocycles. The summed E-state index contributed by atoms with van der Waals surface area (Å²) < 4.78 is 38.8. The first-order valence-electron chi connectivity index (χ1n) is 8.61. The molecule has 2 aromatic carbocycles. The van der Waals surface area contributed by atoms with Gasteiger partial charge in [-0.2, -0.15) is 13.2 Å². The molecule has 1 aromatic heterocycles. The molecule has 0 radical (unpaired) electrons. The Balaban J connectivity index is 1.59. The lowest BCUT2D eigenvalue weighted by Gasteiger charge is -2.19. The molecule has 3 N–H and O–H groups in total. The van der Waals surface area contributed by atoms with Gasteiger partial charge >= 0.3 is 6.18 Å². The molecule has 144 valence electrons. The van der Waals surface area contributed by atoms with Crippen molar-refractivity contribution in [2.75, 3.05) is 6.54 Å². The highest BCUT2D eigenvalue weighted by Crippen LogP contribution is 2.31. The number of imidazole rings is 1. The van der Waals surface area contributed by atoms with Crippen LogP contribution in [-0.4, -0.2) is 32.4 Å². The zero-order valence-electron chi connectivity index (χ0n) is 14.9. The fraction of sp³-hybridized carbons (Fsp3) is 0.200. The molecule has 0 spiro atoms. The molecule has 0 saturated carbocycles. The van der Waals surface area contributed by atoms with E-state index in [-0.39, 0.29) is 30.3 Å². The first-order valence-corrected chi connectivity index (χ1v) is 8.61. The van der Waals surface area contributed by atoms with Crippen LogP contribution in [0.25, 0.3) is 16.6 Å². The van der Waals surface area contributed by atoms with Crippen LogP contribution in [0.1, 0.15) is 22.5 Å². The Morgan fingerprint density at radius 2 is 2.00 bits per heavy atom. The van der Waals surface area contributed by atoms with Gasteiger partial charge in [0.05, 0.1) is 28.7 Å². The molecule has 0 bridgehead atoms. The molecule has 0 unspecified atom stereocenters. The Hall–Kier alpha value is -3.29. The predicted molar refractivity (Wildman–Crippen MR) is 100.0 cm³/mol. The summed E-state index contributed by atoms with van der Waals surface area (Å²) >= 11 is 0. The summed E-state index contributed by atoms with van der Waals surface area (Å²) in [5, 5.41) is 18.8. The van der Waals surface area contributed by atoms with Crippen LogP contribution in [0.5, 0.6) is 0 Å². The highest BCUT2D eigenvalue weighted by molar-refractivity contribution is 6.23. The van der Waals surface area contributed by atoms with Gasteiger partial charge in [0.2, 0.25) is 0 Å². The number of hydrogen-bond acceptors (Lipinski definition) is 3. The number of fused-ring (bicyclic) bond motifs is 1. The third kappa shape index (κ3) is 3.21. The van der Waals surface area contributed by atoms with Crippen molar-refractivity contribution in [2.45, 2.75) is 19.6 Å². The second-order valence-electron chi connectivity index (χ2n) is 6.83. The van der Waals surface area contributed by atoms with Crippen molar-refractivity contribution in [2.24, 2.45) is 0 Å². The van der Waals surface area contributed by atoms with Crippen LogP contribution in [0.15, 0.2) is 48.2 Å². The molecule has 0 fully saturated rings. The minimum Gasteiger partial charge on any atom is -0.510 e. The first kappa shape index (κ1) is 18.1. The molecule has 2 heterocycles. The number of benzene rings is 2. The van der Waals surface area contributed by atoms with Crippen molar-refractivity contribution in [1.82, 2.24) is 14.9 Å². The lowest BCUT2D eigenvalue weighted by atomic mass is 10.1. The summed E-state index contributed by atoms with van der Waals surface area (Å²) in [5.41, 5.74) is 2.49. The number of aliphatic hydroxyl groups is 1. The average molecular weight is 386 g/mol. The Kier molecular flexibility index (Phi) is 4.14. The van der Waals surface area contributed by atoms with E-state index in [9.17, 15) is 18.3 Å². The van der Waals surface area contributed by atoms with Crippen molar-refractivity contribution < 1.29 is 18.3 Å². The number of halogens is 3. The average Bonchev–Trinajstić information content (AvgIpc) is 3.14. The van der Waals surface area contributed by atoms with E-state index in [1.807, 2.05) is 25.1 Å². The quantitative estimate of drug-likeness (QED) is 0.613. The molecule has 1 aliphatic heterocycles. The van der Waals surface area contributed by atoms with E-state index in [1.54, 1.807) is 6.07 Å². The molecule has 4 rings (SSSR count). The number of aliphatic hydroxyl groups excluding tert-OH is 1. The van der Waals surface area contributed by atoms with Crippen LogP contribution < -0.4 is 0 Å². The standard InChI is InChI=1S/C20H17F3N4O/c1-11-5-6-14-15(7-11)26-19(25-14)17-16(28)10-27(18(17)24)9-12-3-2-4-13(8-12)20(21,22)23/h2-8,24,28H,9-10H2,1H3,(H,25,26). The number of nitrogens with zero attached hydrogens (tertiary/aromatic N) is 2. The van der Waals surface area contributed by atoms with Crippen LogP contribution in [-0.2, 0) is 12.7 Å².